The summed E-state index contributed by atoms with van der Waals surface area (Å²) >= 11 is 0. The van der Waals surface area contributed by atoms with Gasteiger partial charge in [0.05, 0.1) is 4.90 Å². The van der Waals surface area contributed by atoms with E-state index in [4.69, 9.17) is 0 Å². The molecule has 2 aromatic rings. The Morgan fingerprint density at radius 3 is 2.47 bits per heavy atom. The summed E-state index contributed by atoms with van der Waals surface area (Å²) in [7, 11) is -3.67. The second-order valence-corrected chi connectivity index (χ2v) is 10.3. The lowest BCUT2D eigenvalue weighted by Gasteiger charge is -2.19. The molecule has 0 spiro atoms. The summed E-state index contributed by atoms with van der Waals surface area (Å²) in [6.07, 6.45) is 3.06. The minimum absolute atomic E-state index is 0.0383. The van der Waals surface area contributed by atoms with E-state index in [2.05, 4.69) is 4.72 Å². The average molecular weight is 456 g/mol. The molecule has 0 bridgehead atoms. The van der Waals surface area contributed by atoms with Crippen molar-refractivity contribution >= 4 is 27.5 Å². The summed E-state index contributed by atoms with van der Waals surface area (Å²) in [5.41, 5.74) is 3.55. The topological polar surface area (TPSA) is 86.8 Å². The fourth-order valence-electron chi connectivity index (χ4n) is 4.36. The zero-order valence-corrected chi connectivity index (χ0v) is 19.2. The Labute approximate surface area is 189 Å². The van der Waals surface area contributed by atoms with Crippen molar-refractivity contribution in [2.75, 3.05) is 24.5 Å². The zero-order valence-electron chi connectivity index (χ0n) is 18.3. The highest BCUT2D eigenvalue weighted by Gasteiger charge is 2.27. The quantitative estimate of drug-likeness (QED) is 0.696. The van der Waals surface area contributed by atoms with Crippen molar-refractivity contribution in [3.05, 3.63) is 59.2 Å². The second-order valence-electron chi connectivity index (χ2n) is 8.49. The van der Waals surface area contributed by atoms with Crippen LogP contribution in [0.5, 0.6) is 0 Å². The number of nitrogens with one attached hydrogen (secondary N) is 1. The molecule has 170 valence electrons. The molecule has 2 aliphatic rings. The minimum atomic E-state index is -3.67. The Kier molecular flexibility index (Phi) is 6.62. The Bertz CT molecular complexity index is 1120. The molecular formula is C24H29N3O4S. The SMILES string of the molecule is Cc1cccc(CNS(=O)(=O)c2ccc3c(c2)CCN3C(=O)CCC(=O)N2CCCC2)c1. The number of sulfonamides is 1. The Hall–Kier alpha value is -2.71. The first kappa shape index (κ1) is 22.5. The van der Waals surface area contributed by atoms with Gasteiger partial charge in [-0.1, -0.05) is 29.8 Å². The summed E-state index contributed by atoms with van der Waals surface area (Å²) in [6.45, 7) is 4.26. The summed E-state index contributed by atoms with van der Waals surface area (Å²) in [5.74, 6) is -0.0547. The van der Waals surface area contributed by atoms with Crippen LogP contribution in [-0.2, 0) is 32.6 Å². The molecule has 2 amide bonds. The zero-order chi connectivity index (χ0) is 22.7. The highest BCUT2D eigenvalue weighted by molar-refractivity contribution is 7.89. The van der Waals surface area contributed by atoms with Crippen LogP contribution < -0.4 is 9.62 Å². The van der Waals surface area contributed by atoms with Gasteiger partial charge in [-0.25, -0.2) is 13.1 Å². The maximum absolute atomic E-state index is 12.8. The Balaban J connectivity index is 1.39. The molecule has 2 aromatic carbocycles. The van der Waals surface area contributed by atoms with Crippen LogP contribution in [0.4, 0.5) is 5.69 Å². The summed E-state index contributed by atoms with van der Waals surface area (Å²) in [5, 5.41) is 0. The molecule has 8 heteroatoms. The standard InChI is InChI=1S/C24H29N3O4S/c1-18-5-4-6-19(15-18)17-25-32(30,31)21-7-8-22-20(16-21)11-14-27(22)24(29)10-9-23(28)26-12-2-3-13-26/h4-8,15-16,25H,2-3,9-14,17H2,1H3. The van der Waals surface area contributed by atoms with Crippen molar-refractivity contribution in [1.29, 1.82) is 0 Å². The van der Waals surface area contributed by atoms with E-state index in [1.165, 1.54) is 0 Å². The molecule has 0 saturated carbocycles. The number of hydrogen-bond acceptors (Lipinski definition) is 4. The van der Waals surface area contributed by atoms with E-state index in [1.54, 1.807) is 23.1 Å². The first-order valence-electron chi connectivity index (χ1n) is 11.1. The van der Waals surface area contributed by atoms with Crippen molar-refractivity contribution in [2.45, 2.75) is 50.5 Å². The van der Waals surface area contributed by atoms with E-state index < -0.39 is 10.0 Å². The number of likely N-dealkylation sites (tertiary alicyclic amines) is 1. The van der Waals surface area contributed by atoms with Gasteiger partial charge in [0.15, 0.2) is 0 Å². The molecule has 2 heterocycles. The molecule has 0 aromatic heterocycles. The van der Waals surface area contributed by atoms with Gasteiger partial charge in [-0.15, -0.1) is 0 Å². The van der Waals surface area contributed by atoms with Crippen molar-refractivity contribution in [1.82, 2.24) is 9.62 Å². The molecule has 7 nitrogen and oxygen atoms in total. The maximum atomic E-state index is 12.8. The first-order chi connectivity index (χ1) is 15.3. The van der Waals surface area contributed by atoms with Crippen molar-refractivity contribution in [3.8, 4) is 0 Å². The van der Waals surface area contributed by atoms with Gasteiger partial charge >= 0.3 is 0 Å². The van der Waals surface area contributed by atoms with Crippen LogP contribution in [0.25, 0.3) is 0 Å². The van der Waals surface area contributed by atoms with Gasteiger partial charge in [-0.2, -0.15) is 0 Å². The smallest absolute Gasteiger partial charge is 0.240 e. The molecule has 1 saturated heterocycles. The van der Waals surface area contributed by atoms with E-state index >= 15 is 0 Å². The van der Waals surface area contributed by atoms with Gasteiger partial charge in [-0.05, 0) is 55.5 Å². The lowest BCUT2D eigenvalue weighted by atomic mass is 10.1. The van der Waals surface area contributed by atoms with Crippen LogP contribution in [0.2, 0.25) is 0 Å². The summed E-state index contributed by atoms with van der Waals surface area (Å²) in [6, 6.07) is 12.6. The van der Waals surface area contributed by atoms with Crippen LogP contribution in [0.3, 0.4) is 0 Å². The largest absolute Gasteiger partial charge is 0.343 e. The van der Waals surface area contributed by atoms with Gasteiger partial charge in [0.25, 0.3) is 0 Å². The normalized spacial score (nSPS) is 15.8. The van der Waals surface area contributed by atoms with Gasteiger partial charge in [0.2, 0.25) is 21.8 Å². The molecule has 2 aliphatic heterocycles. The van der Waals surface area contributed by atoms with Gasteiger partial charge in [-0.3, -0.25) is 9.59 Å². The van der Waals surface area contributed by atoms with Crippen LogP contribution in [-0.4, -0.2) is 44.8 Å². The van der Waals surface area contributed by atoms with Crippen molar-refractivity contribution in [2.24, 2.45) is 0 Å². The molecule has 0 radical (unpaired) electrons. The van der Waals surface area contributed by atoms with E-state index in [1.807, 2.05) is 36.1 Å². The number of carbonyl (C=O) groups is 2. The maximum Gasteiger partial charge on any atom is 0.240 e. The van der Waals surface area contributed by atoms with Crippen LogP contribution in [0.15, 0.2) is 47.4 Å². The highest BCUT2D eigenvalue weighted by atomic mass is 32.2. The molecular weight excluding hydrogens is 426 g/mol. The minimum Gasteiger partial charge on any atom is -0.343 e. The monoisotopic (exact) mass is 455 g/mol. The van der Waals surface area contributed by atoms with E-state index in [0.717, 1.165) is 48.3 Å². The van der Waals surface area contributed by atoms with Crippen LogP contribution in [0.1, 0.15) is 42.4 Å². The number of amides is 2. The van der Waals surface area contributed by atoms with Crippen LogP contribution >= 0.6 is 0 Å². The number of fused-ring (bicyclic) bond motifs is 1. The fraction of sp³-hybridized carbons (Fsp3) is 0.417. The summed E-state index contributed by atoms with van der Waals surface area (Å²) < 4.78 is 28.2. The fourth-order valence-corrected chi connectivity index (χ4v) is 5.43. The molecule has 0 atom stereocenters. The highest BCUT2D eigenvalue weighted by Crippen LogP contribution is 2.31. The van der Waals surface area contributed by atoms with Crippen LogP contribution in [0, 0.1) is 6.92 Å². The van der Waals surface area contributed by atoms with Crippen molar-refractivity contribution in [3.63, 3.8) is 0 Å². The number of aryl methyl sites for hydroxylation is 1. The van der Waals surface area contributed by atoms with Gasteiger partial charge in [0, 0.05) is 44.7 Å². The number of anilines is 1. The van der Waals surface area contributed by atoms with E-state index in [0.29, 0.717) is 13.0 Å². The Morgan fingerprint density at radius 2 is 1.72 bits per heavy atom. The number of nitrogens with zero attached hydrogens (tertiary/aromatic N) is 2. The first-order valence-corrected chi connectivity index (χ1v) is 12.6. The third kappa shape index (κ3) is 5.02. The predicted octanol–water partition coefficient (Wildman–Crippen LogP) is 2.77. The number of carbonyl (C=O) groups excluding carboxylic acids is 2. The third-order valence-electron chi connectivity index (χ3n) is 6.12. The molecule has 1 N–H and O–H groups in total. The van der Waals surface area contributed by atoms with E-state index in [-0.39, 0.29) is 36.1 Å². The molecule has 0 unspecified atom stereocenters. The number of hydrogen-bond donors (Lipinski definition) is 1. The number of rotatable bonds is 7. The molecule has 4 rings (SSSR count). The number of benzene rings is 2. The lowest BCUT2D eigenvalue weighted by molar-refractivity contribution is -0.132. The molecule has 0 aliphatic carbocycles. The third-order valence-corrected chi connectivity index (χ3v) is 7.52. The summed E-state index contributed by atoms with van der Waals surface area (Å²) in [4.78, 5) is 28.6. The second kappa shape index (κ2) is 9.42. The van der Waals surface area contributed by atoms with Gasteiger partial charge in [0.1, 0.15) is 0 Å². The van der Waals surface area contributed by atoms with Crippen molar-refractivity contribution < 1.29 is 18.0 Å². The lowest BCUT2D eigenvalue weighted by Crippen LogP contribution is -2.32. The molecule has 1 fully saturated rings. The average Bonchev–Trinajstić information content (AvgIpc) is 3.46. The van der Waals surface area contributed by atoms with E-state index in [9.17, 15) is 18.0 Å². The predicted molar refractivity (Wildman–Crippen MR) is 123 cm³/mol. The Morgan fingerprint density at radius 1 is 0.969 bits per heavy atom. The van der Waals surface area contributed by atoms with Gasteiger partial charge < -0.3 is 9.80 Å². The molecule has 32 heavy (non-hydrogen) atoms.